The molecule has 1 aliphatic heterocycles. The van der Waals surface area contributed by atoms with Crippen molar-refractivity contribution in [3.8, 4) is 17.4 Å². The maximum atomic E-state index is 12.5. The zero-order valence-electron chi connectivity index (χ0n) is 26.9. The zero-order valence-corrected chi connectivity index (χ0v) is 27.6. The van der Waals surface area contributed by atoms with Gasteiger partial charge in [0.1, 0.15) is 5.58 Å². The van der Waals surface area contributed by atoms with Crippen LogP contribution < -0.4 is 35.4 Å². The Labute approximate surface area is 275 Å². The summed E-state index contributed by atoms with van der Waals surface area (Å²) in [5, 5.41) is 4.21. The number of carbonyl (C=O) groups is 1. The normalized spacial score (nSPS) is 12.6. The molecule has 1 saturated heterocycles. The number of rotatable bonds is 11. The highest BCUT2D eigenvalue weighted by Crippen LogP contribution is 2.32. The average Bonchev–Trinajstić information content (AvgIpc) is 3.07. The highest BCUT2D eigenvalue weighted by molar-refractivity contribution is 6.30. The van der Waals surface area contributed by atoms with Crippen LogP contribution in [0.15, 0.2) is 87.6 Å². The van der Waals surface area contributed by atoms with Gasteiger partial charge < -0.3 is 28.9 Å². The minimum Gasteiger partial charge on any atom is -0.493 e. The van der Waals surface area contributed by atoms with Crippen LogP contribution in [0.1, 0.15) is 43.7 Å². The molecular weight excluding hydrogens is 606 g/mol. The second kappa shape index (κ2) is 17.3. The topological polar surface area (TPSA) is 102 Å². The number of halogens is 1. The van der Waals surface area contributed by atoms with Crippen molar-refractivity contribution in [3.05, 3.63) is 105 Å². The van der Waals surface area contributed by atoms with Gasteiger partial charge in [0, 0.05) is 42.8 Å². The molecule has 244 valence electrons. The lowest BCUT2D eigenvalue weighted by atomic mass is 10.0. The lowest BCUT2D eigenvalue weighted by molar-refractivity contribution is -0.121. The SMILES string of the molecule is CCCC(=O)NCc1ccccc1N1CCC(=CCNOc2cc(=O)c3cc(OC)c(OC)cc3o2)CC1.Cc1ccc(Cl)cc1. The molecule has 0 unspecified atom stereocenters. The van der Waals surface area contributed by atoms with Crippen LogP contribution in [0.3, 0.4) is 0 Å². The van der Waals surface area contributed by atoms with Gasteiger partial charge in [-0.15, -0.1) is 5.48 Å². The fourth-order valence-electron chi connectivity index (χ4n) is 5.06. The molecule has 1 fully saturated rings. The van der Waals surface area contributed by atoms with Gasteiger partial charge in [-0.2, -0.15) is 0 Å². The van der Waals surface area contributed by atoms with Crippen molar-refractivity contribution in [2.45, 2.75) is 46.1 Å². The van der Waals surface area contributed by atoms with E-state index in [9.17, 15) is 9.59 Å². The smallest absolute Gasteiger partial charge is 0.308 e. The molecule has 0 saturated carbocycles. The van der Waals surface area contributed by atoms with Crippen molar-refractivity contribution in [2.24, 2.45) is 0 Å². The number of fused-ring (bicyclic) bond motifs is 1. The van der Waals surface area contributed by atoms with Gasteiger partial charge in [-0.1, -0.05) is 66.1 Å². The Bertz CT molecular complexity index is 1650. The summed E-state index contributed by atoms with van der Waals surface area (Å²) in [6.45, 7) is 6.86. The molecule has 9 nitrogen and oxygen atoms in total. The van der Waals surface area contributed by atoms with E-state index in [2.05, 4.69) is 33.9 Å². The molecule has 1 amide bonds. The molecule has 2 heterocycles. The molecule has 3 aromatic carbocycles. The van der Waals surface area contributed by atoms with E-state index in [4.69, 9.17) is 30.3 Å². The molecule has 4 aromatic rings. The fraction of sp³-hybridized carbons (Fsp3) is 0.333. The number of para-hydroxylation sites is 1. The van der Waals surface area contributed by atoms with E-state index in [1.807, 2.05) is 50.2 Å². The van der Waals surface area contributed by atoms with Crippen LogP contribution in [0, 0.1) is 6.92 Å². The first-order chi connectivity index (χ1) is 22.3. The predicted molar refractivity (Wildman–Crippen MR) is 183 cm³/mol. The quantitative estimate of drug-likeness (QED) is 0.102. The van der Waals surface area contributed by atoms with Gasteiger partial charge in [0.15, 0.2) is 16.9 Å². The standard InChI is InChI=1S/C29H35N3O6.C7H7Cl/c1-4-7-28(34)30-19-21-8-5-6-9-23(21)32-14-11-20(12-15-32)10-13-31-38-29-17-24(33)22-16-26(35-2)27(36-3)18-25(22)37-29;1-6-2-4-7(8)5-3-6/h5-6,8-10,16-18,31H,4,7,11-15,19H2,1-3H3,(H,30,34);2-5H,1H3. The highest BCUT2D eigenvalue weighted by Gasteiger charge is 2.17. The second-order valence-electron chi connectivity index (χ2n) is 10.9. The van der Waals surface area contributed by atoms with E-state index < -0.39 is 0 Å². The number of hydrogen-bond donors (Lipinski definition) is 2. The minimum atomic E-state index is -0.236. The number of methoxy groups -OCH3 is 2. The number of hydrogen-bond acceptors (Lipinski definition) is 8. The average molecular weight is 648 g/mol. The first kappa shape index (κ1) is 34.4. The zero-order chi connectivity index (χ0) is 32.9. The molecule has 0 aliphatic carbocycles. The van der Waals surface area contributed by atoms with Crippen LogP contribution in [-0.2, 0) is 11.3 Å². The molecule has 10 heteroatoms. The predicted octanol–water partition coefficient (Wildman–Crippen LogP) is 6.99. The number of piperidine rings is 1. The number of nitrogens with one attached hydrogen (secondary N) is 2. The van der Waals surface area contributed by atoms with Crippen LogP contribution in [-0.4, -0.2) is 39.8 Å². The van der Waals surface area contributed by atoms with E-state index in [-0.39, 0.29) is 17.3 Å². The van der Waals surface area contributed by atoms with Gasteiger partial charge in [0.25, 0.3) is 0 Å². The van der Waals surface area contributed by atoms with Crippen molar-refractivity contribution in [3.63, 3.8) is 0 Å². The van der Waals surface area contributed by atoms with Gasteiger partial charge in [-0.3, -0.25) is 9.59 Å². The summed E-state index contributed by atoms with van der Waals surface area (Å²) in [5.74, 6) is 1.08. The fourth-order valence-corrected chi connectivity index (χ4v) is 5.19. The largest absolute Gasteiger partial charge is 0.493 e. The third-order valence-electron chi connectivity index (χ3n) is 7.56. The van der Waals surface area contributed by atoms with Gasteiger partial charge in [-0.25, -0.2) is 0 Å². The number of aryl methyl sites for hydroxylation is 1. The molecule has 5 rings (SSSR count). The van der Waals surface area contributed by atoms with E-state index in [0.29, 0.717) is 42.0 Å². The summed E-state index contributed by atoms with van der Waals surface area (Å²) in [4.78, 5) is 32.3. The van der Waals surface area contributed by atoms with Crippen molar-refractivity contribution < 1.29 is 23.5 Å². The molecule has 1 aliphatic rings. The molecule has 0 radical (unpaired) electrons. The van der Waals surface area contributed by atoms with Crippen LogP contribution in [0.25, 0.3) is 11.0 Å². The maximum Gasteiger partial charge on any atom is 0.308 e. The number of carbonyl (C=O) groups excluding carboxylic acids is 1. The lowest BCUT2D eigenvalue weighted by Crippen LogP contribution is -2.32. The summed E-state index contributed by atoms with van der Waals surface area (Å²) < 4.78 is 16.3. The Morgan fingerprint density at radius 2 is 1.70 bits per heavy atom. The number of ether oxygens (including phenoxy) is 2. The number of benzene rings is 3. The van der Waals surface area contributed by atoms with Gasteiger partial charge in [0.2, 0.25) is 5.91 Å². The number of amides is 1. The molecule has 2 N–H and O–H groups in total. The number of hydroxylamine groups is 1. The third-order valence-corrected chi connectivity index (χ3v) is 7.81. The molecule has 0 atom stereocenters. The minimum absolute atomic E-state index is 0.0746. The maximum absolute atomic E-state index is 12.5. The van der Waals surface area contributed by atoms with Gasteiger partial charge in [-0.05, 0) is 56.0 Å². The summed E-state index contributed by atoms with van der Waals surface area (Å²) in [5.41, 5.74) is 7.86. The van der Waals surface area contributed by atoms with Crippen molar-refractivity contribution in [1.29, 1.82) is 0 Å². The van der Waals surface area contributed by atoms with Crippen LogP contribution in [0.5, 0.6) is 17.4 Å². The molecule has 46 heavy (non-hydrogen) atoms. The van der Waals surface area contributed by atoms with Crippen molar-refractivity contribution in [2.75, 3.05) is 38.8 Å². The van der Waals surface area contributed by atoms with Crippen LogP contribution in [0.4, 0.5) is 5.69 Å². The van der Waals surface area contributed by atoms with E-state index in [1.54, 1.807) is 12.1 Å². The van der Waals surface area contributed by atoms with E-state index in [0.717, 1.165) is 42.9 Å². The lowest BCUT2D eigenvalue weighted by Gasteiger charge is -2.32. The third kappa shape index (κ3) is 9.76. The Kier molecular flexibility index (Phi) is 12.9. The molecule has 1 aromatic heterocycles. The Morgan fingerprint density at radius 1 is 1.00 bits per heavy atom. The van der Waals surface area contributed by atoms with Crippen molar-refractivity contribution in [1.82, 2.24) is 10.8 Å². The van der Waals surface area contributed by atoms with Crippen LogP contribution in [0.2, 0.25) is 5.02 Å². The van der Waals surface area contributed by atoms with Crippen LogP contribution >= 0.6 is 11.6 Å². The summed E-state index contributed by atoms with van der Waals surface area (Å²) >= 11 is 5.61. The summed E-state index contributed by atoms with van der Waals surface area (Å²) in [7, 11) is 3.04. The van der Waals surface area contributed by atoms with Crippen molar-refractivity contribution >= 4 is 34.2 Å². The summed E-state index contributed by atoms with van der Waals surface area (Å²) in [6, 6.07) is 20.5. The number of nitrogens with zero attached hydrogens (tertiary/aromatic N) is 1. The Balaban J connectivity index is 0.000000523. The Morgan fingerprint density at radius 3 is 2.37 bits per heavy atom. The molecule has 0 bridgehead atoms. The Hall–Kier alpha value is -4.47. The van der Waals surface area contributed by atoms with E-state index >= 15 is 0 Å². The second-order valence-corrected chi connectivity index (χ2v) is 11.3. The van der Waals surface area contributed by atoms with Gasteiger partial charge >= 0.3 is 5.95 Å². The summed E-state index contributed by atoms with van der Waals surface area (Å²) in [6.07, 6.45) is 5.38. The highest BCUT2D eigenvalue weighted by atomic mass is 35.5. The van der Waals surface area contributed by atoms with Gasteiger partial charge in [0.05, 0.1) is 32.2 Å². The monoisotopic (exact) mass is 647 g/mol. The first-order valence-corrected chi connectivity index (χ1v) is 15.8. The molecular formula is C36H42ClN3O6. The first-order valence-electron chi connectivity index (χ1n) is 15.4. The molecule has 0 spiro atoms. The van der Waals surface area contributed by atoms with E-state index in [1.165, 1.54) is 37.1 Å². The number of anilines is 1.